The molecular formula is C13H11F3N2O4. The van der Waals surface area contributed by atoms with Crippen molar-refractivity contribution in [3.63, 3.8) is 0 Å². The van der Waals surface area contributed by atoms with Crippen molar-refractivity contribution in [3.8, 4) is 0 Å². The van der Waals surface area contributed by atoms with Gasteiger partial charge in [0.2, 0.25) is 0 Å². The van der Waals surface area contributed by atoms with Crippen LogP contribution in [0.4, 0.5) is 18.0 Å². The number of rotatable bonds is 3. The Labute approximate surface area is 122 Å². The third-order valence-corrected chi connectivity index (χ3v) is 2.91. The van der Waals surface area contributed by atoms with Gasteiger partial charge in [0, 0.05) is 13.1 Å². The number of hydrogen-bond donors (Lipinski definition) is 1. The molecule has 0 unspecified atom stereocenters. The fraction of sp³-hybridized carbons (Fsp3) is 0.308. The first-order chi connectivity index (χ1) is 10.3. The summed E-state index contributed by atoms with van der Waals surface area (Å²) in [5.74, 6) is -1.81. The number of carbonyl (C=O) groups excluding carboxylic acids is 3. The van der Waals surface area contributed by atoms with Crippen molar-refractivity contribution in [2.24, 2.45) is 0 Å². The number of urea groups is 1. The summed E-state index contributed by atoms with van der Waals surface area (Å²) in [5, 5.41) is 2.39. The molecule has 1 aliphatic rings. The van der Waals surface area contributed by atoms with Crippen molar-refractivity contribution in [1.82, 2.24) is 10.2 Å². The van der Waals surface area contributed by atoms with Gasteiger partial charge in [-0.25, -0.2) is 9.59 Å². The maximum atomic E-state index is 12.5. The second-order valence-electron chi connectivity index (χ2n) is 4.43. The lowest BCUT2D eigenvalue weighted by molar-refractivity contribution is -0.137. The molecular weight excluding hydrogens is 305 g/mol. The highest BCUT2D eigenvalue weighted by molar-refractivity contribution is 5.98. The van der Waals surface area contributed by atoms with Gasteiger partial charge in [-0.3, -0.25) is 9.69 Å². The Kier molecular flexibility index (Phi) is 4.34. The molecule has 22 heavy (non-hydrogen) atoms. The quantitative estimate of drug-likeness (QED) is 0.856. The Bertz CT molecular complexity index is 616. The van der Waals surface area contributed by atoms with Crippen molar-refractivity contribution in [2.75, 3.05) is 19.7 Å². The highest BCUT2D eigenvalue weighted by atomic mass is 19.4. The molecule has 1 N–H and O–H groups in total. The molecule has 1 saturated heterocycles. The number of alkyl halides is 3. The van der Waals surface area contributed by atoms with Crippen LogP contribution in [0.25, 0.3) is 0 Å². The van der Waals surface area contributed by atoms with Crippen LogP contribution in [0.2, 0.25) is 0 Å². The first kappa shape index (κ1) is 15.8. The molecule has 1 fully saturated rings. The van der Waals surface area contributed by atoms with Crippen LogP contribution >= 0.6 is 0 Å². The van der Waals surface area contributed by atoms with E-state index in [1.165, 1.54) is 0 Å². The fourth-order valence-electron chi connectivity index (χ4n) is 1.82. The number of ether oxygens (including phenoxy) is 1. The van der Waals surface area contributed by atoms with E-state index in [-0.39, 0.29) is 12.1 Å². The molecule has 0 aliphatic carbocycles. The maximum absolute atomic E-state index is 12.5. The monoisotopic (exact) mass is 316 g/mol. The van der Waals surface area contributed by atoms with Gasteiger partial charge in [0.25, 0.3) is 5.91 Å². The third kappa shape index (κ3) is 3.54. The number of imide groups is 1. The van der Waals surface area contributed by atoms with Crippen LogP contribution in [0, 0.1) is 0 Å². The summed E-state index contributed by atoms with van der Waals surface area (Å²) in [6.45, 7) is -0.270. The second kappa shape index (κ2) is 6.04. The van der Waals surface area contributed by atoms with Gasteiger partial charge in [0.1, 0.15) is 0 Å². The number of carbonyl (C=O) groups is 3. The maximum Gasteiger partial charge on any atom is 0.416 e. The minimum atomic E-state index is -4.58. The predicted molar refractivity (Wildman–Crippen MR) is 66.8 cm³/mol. The summed E-state index contributed by atoms with van der Waals surface area (Å²) in [6, 6.07) is 3.06. The zero-order valence-corrected chi connectivity index (χ0v) is 11.1. The van der Waals surface area contributed by atoms with Crippen LogP contribution in [0.3, 0.4) is 0 Å². The normalized spacial score (nSPS) is 14.7. The van der Waals surface area contributed by atoms with Crippen molar-refractivity contribution in [1.29, 1.82) is 0 Å². The molecule has 0 bridgehead atoms. The largest absolute Gasteiger partial charge is 0.452 e. The smallest absolute Gasteiger partial charge is 0.416 e. The van der Waals surface area contributed by atoms with E-state index in [0.29, 0.717) is 12.6 Å². The van der Waals surface area contributed by atoms with Gasteiger partial charge in [-0.05, 0) is 18.2 Å². The standard InChI is InChI=1S/C13H11F3N2O4/c14-13(15,16)9-3-1-2-8(6-9)11(20)22-7-10(19)18-5-4-17-12(18)21/h1-3,6H,4-5,7H2,(H,17,21). The summed E-state index contributed by atoms with van der Waals surface area (Å²) >= 11 is 0. The number of nitrogens with zero attached hydrogens (tertiary/aromatic N) is 1. The van der Waals surface area contributed by atoms with Crippen LogP contribution in [-0.2, 0) is 15.7 Å². The van der Waals surface area contributed by atoms with Gasteiger partial charge in [0.15, 0.2) is 6.61 Å². The Balaban J connectivity index is 1.98. The summed E-state index contributed by atoms with van der Waals surface area (Å²) in [6.07, 6.45) is -4.58. The molecule has 9 heteroatoms. The molecule has 6 nitrogen and oxygen atoms in total. The molecule has 0 aromatic heterocycles. The summed E-state index contributed by atoms with van der Waals surface area (Å²) in [5.41, 5.74) is -1.32. The first-order valence-corrected chi connectivity index (χ1v) is 6.21. The molecule has 1 aliphatic heterocycles. The van der Waals surface area contributed by atoms with E-state index in [2.05, 4.69) is 10.1 Å². The van der Waals surface area contributed by atoms with Crippen LogP contribution in [0.15, 0.2) is 24.3 Å². The molecule has 0 spiro atoms. The van der Waals surface area contributed by atoms with Crippen molar-refractivity contribution in [2.45, 2.75) is 6.18 Å². The Hall–Kier alpha value is -2.58. The summed E-state index contributed by atoms with van der Waals surface area (Å²) in [7, 11) is 0. The average molecular weight is 316 g/mol. The SMILES string of the molecule is O=C(OCC(=O)N1CCNC1=O)c1cccc(C(F)(F)F)c1. The number of amides is 3. The van der Waals surface area contributed by atoms with Crippen LogP contribution < -0.4 is 5.32 Å². The molecule has 3 amide bonds. The number of halogens is 3. The van der Waals surface area contributed by atoms with E-state index in [1.807, 2.05) is 0 Å². The van der Waals surface area contributed by atoms with Gasteiger partial charge in [-0.2, -0.15) is 13.2 Å². The molecule has 1 aromatic carbocycles. The summed E-state index contributed by atoms with van der Waals surface area (Å²) < 4.78 is 42.2. The van der Waals surface area contributed by atoms with E-state index in [9.17, 15) is 27.6 Å². The molecule has 1 aromatic rings. The predicted octanol–water partition coefficient (Wildman–Crippen LogP) is 1.41. The van der Waals surface area contributed by atoms with Gasteiger partial charge < -0.3 is 10.1 Å². The van der Waals surface area contributed by atoms with Gasteiger partial charge >= 0.3 is 18.2 Å². The average Bonchev–Trinajstić information content (AvgIpc) is 2.90. The zero-order valence-electron chi connectivity index (χ0n) is 11.1. The van der Waals surface area contributed by atoms with Crippen LogP contribution in [0.5, 0.6) is 0 Å². The number of benzene rings is 1. The number of nitrogens with one attached hydrogen (secondary N) is 1. The summed E-state index contributed by atoms with van der Waals surface area (Å²) in [4.78, 5) is 35.4. The topological polar surface area (TPSA) is 75.7 Å². The minimum Gasteiger partial charge on any atom is -0.452 e. The van der Waals surface area contributed by atoms with Crippen molar-refractivity contribution < 1.29 is 32.3 Å². The lowest BCUT2D eigenvalue weighted by Gasteiger charge is -2.12. The highest BCUT2D eigenvalue weighted by Crippen LogP contribution is 2.29. The minimum absolute atomic E-state index is 0.152. The third-order valence-electron chi connectivity index (χ3n) is 2.91. The van der Waals surface area contributed by atoms with Gasteiger partial charge in [-0.15, -0.1) is 0 Å². The second-order valence-corrected chi connectivity index (χ2v) is 4.43. The van der Waals surface area contributed by atoms with E-state index in [1.54, 1.807) is 0 Å². The van der Waals surface area contributed by atoms with E-state index in [4.69, 9.17) is 0 Å². The van der Waals surface area contributed by atoms with Crippen LogP contribution in [-0.4, -0.2) is 42.5 Å². The van der Waals surface area contributed by atoms with Gasteiger partial charge in [0.05, 0.1) is 11.1 Å². The lowest BCUT2D eigenvalue weighted by atomic mass is 10.1. The Morgan fingerprint density at radius 3 is 2.64 bits per heavy atom. The molecule has 1 heterocycles. The van der Waals surface area contributed by atoms with Crippen molar-refractivity contribution in [3.05, 3.63) is 35.4 Å². The number of esters is 1. The van der Waals surface area contributed by atoms with E-state index < -0.39 is 36.3 Å². The number of hydrogen-bond acceptors (Lipinski definition) is 4. The highest BCUT2D eigenvalue weighted by Gasteiger charge is 2.31. The molecule has 0 radical (unpaired) electrons. The van der Waals surface area contributed by atoms with E-state index in [0.717, 1.165) is 23.1 Å². The molecule has 0 atom stereocenters. The Morgan fingerprint density at radius 1 is 1.32 bits per heavy atom. The lowest BCUT2D eigenvalue weighted by Crippen LogP contribution is -2.37. The zero-order chi connectivity index (χ0) is 16.3. The first-order valence-electron chi connectivity index (χ1n) is 6.21. The fourth-order valence-corrected chi connectivity index (χ4v) is 1.82. The van der Waals surface area contributed by atoms with Crippen LogP contribution in [0.1, 0.15) is 15.9 Å². The van der Waals surface area contributed by atoms with E-state index >= 15 is 0 Å². The Morgan fingerprint density at radius 2 is 2.05 bits per heavy atom. The van der Waals surface area contributed by atoms with Crippen molar-refractivity contribution >= 4 is 17.9 Å². The molecule has 0 saturated carbocycles. The van der Waals surface area contributed by atoms with Gasteiger partial charge in [-0.1, -0.05) is 6.07 Å². The molecule has 118 valence electrons. The molecule has 2 rings (SSSR count).